The molecule has 76 valence electrons. The van der Waals surface area contributed by atoms with Gasteiger partial charge in [0.25, 0.3) is 0 Å². The molecule has 3 heteroatoms. The third-order valence-corrected chi connectivity index (χ3v) is 2.57. The Labute approximate surface area is 83.7 Å². The summed E-state index contributed by atoms with van der Waals surface area (Å²) >= 11 is 0. The normalized spacial score (nSPS) is 24.4. The number of rotatable bonds is 2. The van der Waals surface area contributed by atoms with Crippen molar-refractivity contribution in [1.82, 2.24) is 0 Å². The standard InChI is InChI=1S/C11H15NO2/c1-11(7-14-2)6-8-5-9(13)3-4-10(8)12-11/h3-5,12-13H,6-7H2,1-2H3. The molecule has 1 aliphatic rings. The van der Waals surface area contributed by atoms with Gasteiger partial charge < -0.3 is 15.2 Å². The van der Waals surface area contributed by atoms with Crippen LogP contribution >= 0.6 is 0 Å². The minimum absolute atomic E-state index is 0.0368. The number of phenolic OH excluding ortho intramolecular Hbond substituents is 1. The van der Waals surface area contributed by atoms with Crippen molar-refractivity contribution in [1.29, 1.82) is 0 Å². The maximum Gasteiger partial charge on any atom is 0.116 e. The molecule has 1 atom stereocenters. The van der Waals surface area contributed by atoms with E-state index in [-0.39, 0.29) is 5.54 Å². The summed E-state index contributed by atoms with van der Waals surface area (Å²) in [6.07, 6.45) is 0.893. The SMILES string of the molecule is COCC1(C)Cc2cc(O)ccc2N1. The Morgan fingerprint density at radius 3 is 3.07 bits per heavy atom. The molecule has 1 aliphatic heterocycles. The molecule has 1 heterocycles. The summed E-state index contributed by atoms with van der Waals surface area (Å²) in [6, 6.07) is 5.42. The molecule has 0 radical (unpaired) electrons. The Bertz CT molecular complexity index is 351. The number of hydrogen-bond acceptors (Lipinski definition) is 3. The molecular weight excluding hydrogens is 178 g/mol. The first-order valence-corrected chi connectivity index (χ1v) is 4.72. The van der Waals surface area contributed by atoms with Crippen LogP contribution in [0.15, 0.2) is 18.2 Å². The highest BCUT2D eigenvalue weighted by atomic mass is 16.5. The lowest BCUT2D eigenvalue weighted by Crippen LogP contribution is -2.37. The largest absolute Gasteiger partial charge is 0.508 e. The van der Waals surface area contributed by atoms with Crippen LogP contribution in [0.2, 0.25) is 0 Å². The van der Waals surface area contributed by atoms with Crippen molar-refractivity contribution >= 4 is 5.69 Å². The predicted octanol–water partition coefficient (Wildman–Crippen LogP) is 1.77. The zero-order valence-corrected chi connectivity index (χ0v) is 8.50. The second kappa shape index (κ2) is 3.17. The number of phenols is 1. The number of nitrogens with one attached hydrogen (secondary N) is 1. The number of methoxy groups -OCH3 is 1. The molecule has 0 saturated heterocycles. The first-order valence-electron chi connectivity index (χ1n) is 4.72. The van der Waals surface area contributed by atoms with E-state index in [4.69, 9.17) is 4.74 Å². The summed E-state index contributed by atoms with van der Waals surface area (Å²) in [5, 5.41) is 12.7. The molecule has 2 N–H and O–H groups in total. The molecule has 1 aromatic carbocycles. The monoisotopic (exact) mass is 193 g/mol. The van der Waals surface area contributed by atoms with Gasteiger partial charge in [-0.3, -0.25) is 0 Å². The van der Waals surface area contributed by atoms with Crippen molar-refractivity contribution in [3.63, 3.8) is 0 Å². The topological polar surface area (TPSA) is 41.5 Å². The van der Waals surface area contributed by atoms with Gasteiger partial charge in [-0.2, -0.15) is 0 Å². The van der Waals surface area contributed by atoms with Crippen molar-refractivity contribution in [2.24, 2.45) is 0 Å². The third kappa shape index (κ3) is 1.55. The van der Waals surface area contributed by atoms with E-state index < -0.39 is 0 Å². The van der Waals surface area contributed by atoms with Crippen molar-refractivity contribution < 1.29 is 9.84 Å². The van der Waals surface area contributed by atoms with E-state index in [0.29, 0.717) is 12.4 Å². The van der Waals surface area contributed by atoms with Crippen LogP contribution in [0, 0.1) is 0 Å². The molecule has 2 rings (SSSR count). The van der Waals surface area contributed by atoms with Crippen molar-refractivity contribution in [2.45, 2.75) is 18.9 Å². The molecular formula is C11H15NO2. The lowest BCUT2D eigenvalue weighted by molar-refractivity contribution is 0.153. The van der Waals surface area contributed by atoms with Gasteiger partial charge in [0.2, 0.25) is 0 Å². The fourth-order valence-electron chi connectivity index (χ4n) is 2.04. The summed E-state index contributed by atoms with van der Waals surface area (Å²) in [5.41, 5.74) is 2.22. The summed E-state index contributed by atoms with van der Waals surface area (Å²) < 4.78 is 5.17. The number of fused-ring (bicyclic) bond motifs is 1. The van der Waals surface area contributed by atoms with E-state index >= 15 is 0 Å². The highest BCUT2D eigenvalue weighted by molar-refractivity contribution is 5.60. The second-order valence-corrected chi connectivity index (χ2v) is 4.14. The number of aromatic hydroxyl groups is 1. The molecule has 1 aromatic rings. The summed E-state index contributed by atoms with van der Waals surface area (Å²) in [7, 11) is 1.70. The van der Waals surface area contributed by atoms with E-state index in [1.807, 2.05) is 12.1 Å². The Morgan fingerprint density at radius 1 is 1.57 bits per heavy atom. The van der Waals surface area contributed by atoms with Gasteiger partial charge in [0, 0.05) is 12.8 Å². The van der Waals surface area contributed by atoms with Gasteiger partial charge >= 0.3 is 0 Å². The van der Waals surface area contributed by atoms with Gasteiger partial charge in [-0.15, -0.1) is 0 Å². The quantitative estimate of drug-likeness (QED) is 0.703. The van der Waals surface area contributed by atoms with E-state index in [9.17, 15) is 5.11 Å². The number of anilines is 1. The van der Waals surface area contributed by atoms with Gasteiger partial charge in [-0.1, -0.05) is 0 Å². The van der Waals surface area contributed by atoms with Crippen molar-refractivity contribution in [3.8, 4) is 5.75 Å². The molecule has 0 aliphatic carbocycles. The predicted molar refractivity (Wildman–Crippen MR) is 55.7 cm³/mol. The van der Waals surface area contributed by atoms with Crippen LogP contribution in [0.25, 0.3) is 0 Å². The van der Waals surface area contributed by atoms with Gasteiger partial charge in [-0.05, 0) is 37.1 Å². The Kier molecular flexibility index (Phi) is 2.11. The van der Waals surface area contributed by atoms with Crippen LogP contribution in [0.4, 0.5) is 5.69 Å². The van der Waals surface area contributed by atoms with Crippen LogP contribution < -0.4 is 5.32 Å². The van der Waals surface area contributed by atoms with E-state index in [2.05, 4.69) is 12.2 Å². The number of hydrogen-bond donors (Lipinski definition) is 2. The fourth-order valence-corrected chi connectivity index (χ4v) is 2.04. The first kappa shape index (κ1) is 9.34. The maximum absolute atomic E-state index is 9.34. The summed E-state index contributed by atoms with van der Waals surface area (Å²) in [6.45, 7) is 2.79. The highest BCUT2D eigenvalue weighted by Crippen LogP contribution is 2.34. The lowest BCUT2D eigenvalue weighted by Gasteiger charge is -2.23. The molecule has 0 amide bonds. The minimum atomic E-state index is -0.0368. The highest BCUT2D eigenvalue weighted by Gasteiger charge is 2.32. The van der Waals surface area contributed by atoms with Crippen LogP contribution in [0.1, 0.15) is 12.5 Å². The number of benzene rings is 1. The van der Waals surface area contributed by atoms with E-state index in [0.717, 1.165) is 17.7 Å². The first-order chi connectivity index (χ1) is 6.63. The molecule has 0 fully saturated rings. The van der Waals surface area contributed by atoms with Gasteiger partial charge in [0.15, 0.2) is 0 Å². The average molecular weight is 193 g/mol. The second-order valence-electron chi connectivity index (χ2n) is 4.14. The zero-order valence-electron chi connectivity index (χ0n) is 8.50. The Balaban J connectivity index is 2.25. The third-order valence-electron chi connectivity index (χ3n) is 2.57. The van der Waals surface area contributed by atoms with Crippen LogP contribution in [-0.2, 0) is 11.2 Å². The Morgan fingerprint density at radius 2 is 2.36 bits per heavy atom. The summed E-state index contributed by atoms with van der Waals surface area (Å²) in [4.78, 5) is 0. The van der Waals surface area contributed by atoms with Crippen LogP contribution in [0.5, 0.6) is 5.75 Å². The fraction of sp³-hybridized carbons (Fsp3) is 0.455. The van der Waals surface area contributed by atoms with Gasteiger partial charge in [-0.25, -0.2) is 0 Å². The smallest absolute Gasteiger partial charge is 0.116 e. The van der Waals surface area contributed by atoms with Crippen molar-refractivity contribution in [3.05, 3.63) is 23.8 Å². The molecule has 0 saturated carbocycles. The average Bonchev–Trinajstić information content (AvgIpc) is 2.40. The molecule has 1 unspecified atom stereocenters. The minimum Gasteiger partial charge on any atom is -0.508 e. The van der Waals surface area contributed by atoms with Crippen LogP contribution in [-0.4, -0.2) is 24.4 Å². The van der Waals surface area contributed by atoms with E-state index in [1.54, 1.807) is 13.2 Å². The van der Waals surface area contributed by atoms with Crippen molar-refractivity contribution in [2.75, 3.05) is 19.0 Å². The van der Waals surface area contributed by atoms with E-state index in [1.165, 1.54) is 0 Å². The molecule has 0 aromatic heterocycles. The van der Waals surface area contributed by atoms with Gasteiger partial charge in [0.05, 0.1) is 12.1 Å². The zero-order chi connectivity index (χ0) is 10.2. The lowest BCUT2D eigenvalue weighted by atomic mass is 9.99. The van der Waals surface area contributed by atoms with Crippen LogP contribution in [0.3, 0.4) is 0 Å². The molecule has 14 heavy (non-hydrogen) atoms. The maximum atomic E-state index is 9.34. The Hall–Kier alpha value is -1.22. The molecule has 0 bridgehead atoms. The number of ether oxygens (including phenoxy) is 1. The van der Waals surface area contributed by atoms with Gasteiger partial charge in [0.1, 0.15) is 5.75 Å². The summed E-state index contributed by atoms with van der Waals surface area (Å²) in [5.74, 6) is 0.326. The molecule has 3 nitrogen and oxygen atoms in total. The molecule has 0 spiro atoms.